The molecule has 0 amide bonds. The van der Waals surface area contributed by atoms with E-state index in [4.69, 9.17) is 0 Å². The minimum absolute atomic E-state index is 0. The molecule has 0 atom stereocenters. The maximum absolute atomic E-state index is 0. The molecular weight excluding hydrogens is 249 g/mol. The van der Waals surface area contributed by atoms with Crippen molar-refractivity contribution < 1.29 is 16.4 Å². The number of hydrogen-bond donors (Lipinski definition) is 0. The van der Waals surface area contributed by atoms with Gasteiger partial charge in [0, 0.05) is 0 Å². The van der Waals surface area contributed by atoms with E-state index in [1.165, 1.54) is 0 Å². The maximum atomic E-state index is 0. The van der Waals surface area contributed by atoms with Gasteiger partial charge in [0.25, 0.3) is 0 Å². The molecule has 0 aromatic carbocycles. The molecule has 0 aliphatic heterocycles. The second kappa shape index (κ2) is 36.8. The average molecular weight is 260 g/mol. The predicted octanol–water partition coefficient (Wildman–Crippen LogP) is -4.95. The second-order valence-corrected chi connectivity index (χ2v) is 0. The first kappa shape index (κ1) is 52.0. The van der Waals surface area contributed by atoms with E-state index in [-0.39, 0.29) is 140 Å². The van der Waals surface area contributed by atoms with Crippen molar-refractivity contribution in [1.82, 2.24) is 0 Å². The van der Waals surface area contributed by atoms with E-state index in [1.807, 2.05) is 0 Å². The quantitative estimate of drug-likeness (QED) is 0.390. The van der Waals surface area contributed by atoms with Crippen LogP contribution < -0.4 is 0 Å². The Bertz CT molecular complexity index is 10.8. The minimum atomic E-state index is 0. The van der Waals surface area contributed by atoms with Crippen LogP contribution in [0.15, 0.2) is 0 Å². The van der Waals surface area contributed by atoms with Crippen LogP contribution in [0.25, 0.3) is 0 Å². The van der Waals surface area contributed by atoms with Gasteiger partial charge >= 0.3 is 123 Å². The predicted molar refractivity (Wildman–Crippen MR) is 35.1 cm³/mol. The average Bonchev–Trinajstić information content (AvgIpc) is 0. The van der Waals surface area contributed by atoms with Gasteiger partial charge in [0.2, 0.25) is 0 Å². The fraction of sp³-hybridized carbons (Fsp3) is 0. The summed E-state index contributed by atoms with van der Waals surface area (Å²) in [5.41, 5.74) is 0. The molecule has 0 fully saturated rings. The molecule has 0 bridgehead atoms. The molecule has 0 saturated heterocycles. The van der Waals surface area contributed by atoms with E-state index in [2.05, 4.69) is 0 Å². The van der Waals surface area contributed by atoms with Crippen molar-refractivity contribution in [1.29, 1.82) is 0 Å². The van der Waals surface area contributed by atoms with Gasteiger partial charge in [-0.05, 0) is 0 Å². The molecule has 3 nitrogen and oxygen atoms in total. The summed E-state index contributed by atoms with van der Waals surface area (Å²) in [4.78, 5) is 0. The first-order valence-corrected chi connectivity index (χ1v) is 0. The normalized spacial score (nSPS) is 0. The summed E-state index contributed by atoms with van der Waals surface area (Å²) in [5.74, 6) is 0. The third kappa shape index (κ3) is 24.8. The van der Waals surface area contributed by atoms with Crippen LogP contribution in [0.4, 0.5) is 0 Å². The van der Waals surface area contributed by atoms with E-state index in [0.29, 0.717) is 0 Å². The standard InChI is InChI=1S/Ba.K.Mg.3H2O.5H/h;;;3*1H2;;;;;. The molecule has 0 saturated carbocycles. The molecular formula is H11BaKMgO3. The molecule has 0 aromatic rings. The summed E-state index contributed by atoms with van der Waals surface area (Å²) in [5, 5.41) is 0. The van der Waals surface area contributed by atoms with Crippen LogP contribution in [0.1, 0.15) is 0 Å². The van der Waals surface area contributed by atoms with Crippen molar-refractivity contribution in [2.75, 3.05) is 0 Å². The summed E-state index contributed by atoms with van der Waals surface area (Å²) in [6.45, 7) is 0. The smallest absolute Gasteiger partial charge is 0.316 e. The summed E-state index contributed by atoms with van der Waals surface area (Å²) in [6, 6.07) is 0. The fourth-order valence-electron chi connectivity index (χ4n) is 0. The fourth-order valence-corrected chi connectivity index (χ4v) is 0. The maximum Gasteiger partial charge on any atom is 0.316 e. The molecule has 0 aliphatic rings. The van der Waals surface area contributed by atoms with Gasteiger partial charge in [0.1, 0.15) is 0 Å². The van der Waals surface area contributed by atoms with E-state index >= 15 is 0 Å². The van der Waals surface area contributed by atoms with Crippen LogP contribution >= 0.6 is 0 Å². The summed E-state index contributed by atoms with van der Waals surface area (Å²) >= 11 is 0. The molecule has 0 spiro atoms. The van der Waals surface area contributed by atoms with Crippen LogP contribution in [0, 0.1) is 0 Å². The van der Waals surface area contributed by atoms with Crippen molar-refractivity contribution in [2.45, 2.75) is 0 Å². The molecule has 6 N–H and O–H groups in total. The SMILES string of the molecule is O.O.O.[BaH2].[KH].[MgH2]. The molecule has 0 radical (unpaired) electrons. The monoisotopic (exact) mass is 260 g/mol. The number of rotatable bonds is 0. The summed E-state index contributed by atoms with van der Waals surface area (Å²) in [6.07, 6.45) is 0. The van der Waals surface area contributed by atoms with E-state index in [0.717, 1.165) is 0 Å². The Labute approximate surface area is 136 Å². The molecule has 0 aromatic heterocycles. The van der Waals surface area contributed by atoms with Gasteiger partial charge in [0.15, 0.2) is 0 Å². The van der Waals surface area contributed by atoms with Gasteiger partial charge in [0.05, 0.1) is 0 Å². The Kier molecular flexibility index (Phi) is 319. The Morgan fingerprint density at radius 2 is 0.667 bits per heavy atom. The van der Waals surface area contributed by atoms with E-state index in [1.54, 1.807) is 0 Å². The zero-order chi connectivity index (χ0) is 0. The van der Waals surface area contributed by atoms with Crippen molar-refractivity contribution in [3.63, 3.8) is 0 Å². The summed E-state index contributed by atoms with van der Waals surface area (Å²) < 4.78 is 0. The number of hydrogen-bond acceptors (Lipinski definition) is 0. The first-order chi connectivity index (χ1) is 0. The van der Waals surface area contributed by atoms with Gasteiger partial charge in [-0.25, -0.2) is 0 Å². The van der Waals surface area contributed by atoms with Crippen molar-refractivity contribution in [2.24, 2.45) is 0 Å². The van der Waals surface area contributed by atoms with Gasteiger partial charge in [-0.15, -0.1) is 0 Å². The Morgan fingerprint density at radius 3 is 0.667 bits per heavy atom. The Balaban J connectivity index is 0. The largest absolute Gasteiger partial charge is 0.316 e. The van der Waals surface area contributed by atoms with Gasteiger partial charge in [-0.3, -0.25) is 0 Å². The first-order valence-electron chi connectivity index (χ1n) is 0. The van der Waals surface area contributed by atoms with Crippen LogP contribution in [0.3, 0.4) is 0 Å². The molecule has 34 valence electrons. The van der Waals surface area contributed by atoms with Gasteiger partial charge in [-0.1, -0.05) is 0 Å². The van der Waals surface area contributed by atoms with Crippen LogP contribution in [0.5, 0.6) is 0 Å². The molecule has 6 heavy (non-hydrogen) atoms. The molecule has 0 aliphatic carbocycles. The van der Waals surface area contributed by atoms with Crippen LogP contribution in [-0.2, 0) is 0 Å². The summed E-state index contributed by atoms with van der Waals surface area (Å²) in [7, 11) is 0. The topological polar surface area (TPSA) is 94.5 Å². The molecule has 6 heteroatoms. The van der Waals surface area contributed by atoms with Crippen molar-refractivity contribution in [3.05, 3.63) is 0 Å². The van der Waals surface area contributed by atoms with Gasteiger partial charge < -0.3 is 16.4 Å². The Hall–Kier alpha value is 3.85. The van der Waals surface area contributed by atoms with Crippen molar-refractivity contribution >= 4 is 123 Å². The van der Waals surface area contributed by atoms with Crippen molar-refractivity contribution in [3.8, 4) is 0 Å². The Morgan fingerprint density at radius 1 is 0.667 bits per heavy atom. The second-order valence-electron chi connectivity index (χ2n) is 0. The van der Waals surface area contributed by atoms with Crippen LogP contribution in [0.2, 0.25) is 0 Å². The zero-order valence-corrected chi connectivity index (χ0v) is 1.50. The molecule has 0 unspecified atom stereocenters. The van der Waals surface area contributed by atoms with Crippen LogP contribution in [-0.4, -0.2) is 140 Å². The minimum Gasteiger partial charge on any atom is 0.316 e. The van der Waals surface area contributed by atoms with E-state index < -0.39 is 0 Å². The zero-order valence-electron chi connectivity index (χ0n) is 1.50. The third-order valence-electron chi connectivity index (χ3n) is 0. The molecule has 0 rings (SSSR count). The molecule has 0 heterocycles. The third-order valence-corrected chi connectivity index (χ3v) is 0. The van der Waals surface area contributed by atoms with Gasteiger partial charge in [-0.2, -0.15) is 0 Å². The van der Waals surface area contributed by atoms with E-state index in [9.17, 15) is 0 Å².